The minimum absolute atomic E-state index is 0.122. The number of anilines is 1. The average Bonchev–Trinajstić information content (AvgIpc) is 3.15. The monoisotopic (exact) mass is 352 g/mol. The van der Waals surface area contributed by atoms with Crippen molar-refractivity contribution in [2.45, 2.75) is 44.8 Å². The van der Waals surface area contributed by atoms with Gasteiger partial charge in [-0.25, -0.2) is 4.79 Å². The second-order valence-electron chi connectivity index (χ2n) is 7.10. The third kappa shape index (κ3) is 3.77. The van der Waals surface area contributed by atoms with E-state index in [1.165, 1.54) is 18.4 Å². The minimum atomic E-state index is -0.122. The highest BCUT2D eigenvalue weighted by molar-refractivity contribution is 5.89. The molecule has 0 bridgehead atoms. The molecule has 1 aliphatic carbocycles. The Morgan fingerprint density at radius 1 is 1.08 bits per heavy atom. The van der Waals surface area contributed by atoms with Gasteiger partial charge in [-0.2, -0.15) is 0 Å². The molecule has 1 saturated carbocycles. The summed E-state index contributed by atoms with van der Waals surface area (Å²) >= 11 is 0. The van der Waals surface area contributed by atoms with Crippen LogP contribution in [-0.2, 0) is 13.0 Å². The van der Waals surface area contributed by atoms with E-state index in [2.05, 4.69) is 5.32 Å². The lowest BCUT2D eigenvalue weighted by Crippen LogP contribution is -2.38. The Kier molecular flexibility index (Phi) is 4.69. The van der Waals surface area contributed by atoms with Gasteiger partial charge in [0, 0.05) is 18.8 Å². The fraction of sp³-hybridized carbons (Fsp3) is 0.381. The van der Waals surface area contributed by atoms with E-state index in [4.69, 9.17) is 4.74 Å². The number of amides is 2. The smallest absolute Gasteiger partial charge is 0.322 e. The molecule has 0 aromatic heterocycles. The normalized spacial score (nSPS) is 17.0. The van der Waals surface area contributed by atoms with Crippen molar-refractivity contribution in [3.63, 3.8) is 0 Å². The van der Waals surface area contributed by atoms with Gasteiger partial charge in [-0.05, 0) is 79.6 Å². The van der Waals surface area contributed by atoms with Crippen LogP contribution in [0, 0.1) is 0 Å². The van der Waals surface area contributed by atoms with Gasteiger partial charge in [-0.1, -0.05) is 6.07 Å². The standard InChI is InChI=1S/C21H24N2O3/c24-18-8-5-15-11-12-23(14-16(15)13-18)21(25)22-17-6-9-20(10-7-17)26-19-3-1-2-4-19/h5-10,13,19,24H,1-4,11-12,14H2,(H,22,25). The number of carbonyl (C=O) groups is 1. The molecule has 5 heteroatoms. The summed E-state index contributed by atoms with van der Waals surface area (Å²) in [6.07, 6.45) is 5.89. The molecule has 1 aliphatic heterocycles. The second kappa shape index (κ2) is 7.28. The molecule has 136 valence electrons. The van der Waals surface area contributed by atoms with Gasteiger partial charge in [-0.15, -0.1) is 0 Å². The highest BCUT2D eigenvalue weighted by Gasteiger charge is 2.21. The van der Waals surface area contributed by atoms with Crippen molar-refractivity contribution in [2.24, 2.45) is 0 Å². The van der Waals surface area contributed by atoms with Crippen LogP contribution in [0.3, 0.4) is 0 Å². The van der Waals surface area contributed by atoms with Crippen LogP contribution in [0.15, 0.2) is 42.5 Å². The number of fused-ring (bicyclic) bond motifs is 1. The molecule has 0 spiro atoms. The third-order valence-corrected chi connectivity index (χ3v) is 5.20. The molecule has 1 fully saturated rings. The van der Waals surface area contributed by atoms with E-state index in [9.17, 15) is 9.90 Å². The fourth-order valence-electron chi connectivity index (χ4n) is 3.73. The number of aromatic hydroxyl groups is 1. The van der Waals surface area contributed by atoms with Crippen LogP contribution < -0.4 is 10.1 Å². The summed E-state index contributed by atoms with van der Waals surface area (Å²) in [4.78, 5) is 14.3. The summed E-state index contributed by atoms with van der Waals surface area (Å²) in [6.45, 7) is 1.19. The number of rotatable bonds is 3. The molecule has 2 aromatic rings. The molecular weight excluding hydrogens is 328 g/mol. The first-order valence-corrected chi connectivity index (χ1v) is 9.31. The molecule has 1 heterocycles. The van der Waals surface area contributed by atoms with Crippen LogP contribution in [0.5, 0.6) is 11.5 Å². The van der Waals surface area contributed by atoms with Crippen LogP contribution in [0.1, 0.15) is 36.8 Å². The first-order valence-electron chi connectivity index (χ1n) is 9.31. The van der Waals surface area contributed by atoms with Crippen LogP contribution in [0.4, 0.5) is 10.5 Å². The predicted molar refractivity (Wildman–Crippen MR) is 101 cm³/mol. The fourth-order valence-corrected chi connectivity index (χ4v) is 3.73. The molecular formula is C21H24N2O3. The van der Waals surface area contributed by atoms with E-state index in [0.29, 0.717) is 19.2 Å². The largest absolute Gasteiger partial charge is 0.508 e. The van der Waals surface area contributed by atoms with Gasteiger partial charge in [0.1, 0.15) is 11.5 Å². The summed E-state index contributed by atoms with van der Waals surface area (Å²) in [6, 6.07) is 12.8. The zero-order valence-corrected chi connectivity index (χ0v) is 14.8. The summed E-state index contributed by atoms with van der Waals surface area (Å²) in [5, 5.41) is 12.6. The van der Waals surface area contributed by atoms with E-state index < -0.39 is 0 Å². The number of benzene rings is 2. The van der Waals surface area contributed by atoms with Gasteiger partial charge in [0.2, 0.25) is 0 Å². The van der Waals surface area contributed by atoms with Crippen LogP contribution >= 0.6 is 0 Å². The summed E-state index contributed by atoms with van der Waals surface area (Å²) in [7, 11) is 0. The molecule has 2 amide bonds. The van der Waals surface area contributed by atoms with Crippen molar-refractivity contribution < 1.29 is 14.6 Å². The minimum Gasteiger partial charge on any atom is -0.508 e. The number of hydrogen-bond donors (Lipinski definition) is 2. The first-order chi connectivity index (χ1) is 12.7. The number of carbonyl (C=O) groups excluding carboxylic acids is 1. The van der Waals surface area contributed by atoms with Crippen molar-refractivity contribution in [3.8, 4) is 11.5 Å². The third-order valence-electron chi connectivity index (χ3n) is 5.20. The Labute approximate surface area is 153 Å². The first kappa shape index (κ1) is 16.8. The molecule has 2 aromatic carbocycles. The van der Waals surface area contributed by atoms with E-state index in [1.54, 1.807) is 17.0 Å². The molecule has 5 nitrogen and oxygen atoms in total. The number of urea groups is 1. The maximum atomic E-state index is 12.5. The van der Waals surface area contributed by atoms with Crippen molar-refractivity contribution >= 4 is 11.7 Å². The number of phenolic OH excluding ortho intramolecular Hbond substituents is 1. The van der Waals surface area contributed by atoms with Gasteiger partial charge in [0.25, 0.3) is 0 Å². The molecule has 0 saturated heterocycles. The molecule has 2 N–H and O–H groups in total. The maximum absolute atomic E-state index is 12.5. The van der Waals surface area contributed by atoms with E-state index in [0.717, 1.165) is 36.3 Å². The van der Waals surface area contributed by atoms with E-state index >= 15 is 0 Å². The zero-order chi connectivity index (χ0) is 17.9. The van der Waals surface area contributed by atoms with Gasteiger partial charge in [0.05, 0.1) is 6.10 Å². The molecule has 0 atom stereocenters. The highest BCUT2D eigenvalue weighted by atomic mass is 16.5. The number of ether oxygens (including phenoxy) is 1. The van der Waals surface area contributed by atoms with Crippen LogP contribution in [0.2, 0.25) is 0 Å². The van der Waals surface area contributed by atoms with Crippen molar-refractivity contribution in [1.82, 2.24) is 4.90 Å². The van der Waals surface area contributed by atoms with Crippen LogP contribution in [-0.4, -0.2) is 28.7 Å². The summed E-state index contributed by atoms with van der Waals surface area (Å²) in [5.41, 5.74) is 2.96. The highest BCUT2D eigenvalue weighted by Crippen LogP contribution is 2.26. The summed E-state index contributed by atoms with van der Waals surface area (Å²) < 4.78 is 5.96. The molecule has 0 radical (unpaired) electrons. The van der Waals surface area contributed by atoms with Gasteiger partial charge in [-0.3, -0.25) is 0 Å². The number of nitrogens with zero attached hydrogens (tertiary/aromatic N) is 1. The molecule has 26 heavy (non-hydrogen) atoms. The zero-order valence-electron chi connectivity index (χ0n) is 14.8. The Bertz CT molecular complexity index is 782. The van der Waals surface area contributed by atoms with E-state index in [1.807, 2.05) is 30.3 Å². The number of nitrogens with one attached hydrogen (secondary N) is 1. The Morgan fingerprint density at radius 3 is 2.62 bits per heavy atom. The summed E-state index contributed by atoms with van der Waals surface area (Å²) in [5.74, 6) is 1.10. The lowest BCUT2D eigenvalue weighted by molar-refractivity contribution is 0.206. The van der Waals surface area contributed by atoms with Crippen molar-refractivity contribution in [2.75, 3.05) is 11.9 Å². The number of phenols is 1. The van der Waals surface area contributed by atoms with Gasteiger partial charge >= 0.3 is 6.03 Å². The SMILES string of the molecule is O=C(Nc1ccc(OC2CCCC2)cc1)N1CCc2ccc(O)cc2C1. The second-order valence-corrected chi connectivity index (χ2v) is 7.10. The quantitative estimate of drug-likeness (QED) is 0.865. The average molecular weight is 352 g/mol. The van der Waals surface area contributed by atoms with Gasteiger partial charge < -0.3 is 20.1 Å². The molecule has 2 aliphatic rings. The topological polar surface area (TPSA) is 61.8 Å². The Morgan fingerprint density at radius 2 is 1.85 bits per heavy atom. The van der Waals surface area contributed by atoms with E-state index in [-0.39, 0.29) is 11.8 Å². The lowest BCUT2D eigenvalue weighted by Gasteiger charge is -2.29. The molecule has 0 unspecified atom stereocenters. The Hall–Kier alpha value is -2.69. The lowest BCUT2D eigenvalue weighted by atomic mass is 10.00. The Balaban J connectivity index is 1.35. The number of hydrogen-bond acceptors (Lipinski definition) is 3. The van der Waals surface area contributed by atoms with Crippen molar-refractivity contribution in [3.05, 3.63) is 53.6 Å². The van der Waals surface area contributed by atoms with Crippen molar-refractivity contribution in [1.29, 1.82) is 0 Å². The maximum Gasteiger partial charge on any atom is 0.322 e. The van der Waals surface area contributed by atoms with Gasteiger partial charge in [0.15, 0.2) is 0 Å². The van der Waals surface area contributed by atoms with Crippen LogP contribution in [0.25, 0.3) is 0 Å². The predicted octanol–water partition coefficient (Wildman–Crippen LogP) is 4.30. The molecule has 4 rings (SSSR count).